The summed E-state index contributed by atoms with van der Waals surface area (Å²) >= 11 is 1.48. The van der Waals surface area contributed by atoms with Crippen molar-refractivity contribution >= 4 is 22.3 Å². The predicted molar refractivity (Wildman–Crippen MR) is 84.4 cm³/mol. The zero-order valence-electron chi connectivity index (χ0n) is 12.6. The summed E-state index contributed by atoms with van der Waals surface area (Å²) in [5.41, 5.74) is 1.80. The number of fused-ring (bicyclic) bond motifs is 1. The molecule has 0 bridgehead atoms. The van der Waals surface area contributed by atoms with Crippen LogP contribution in [0.15, 0.2) is 12.1 Å². The molecule has 8 heteroatoms. The van der Waals surface area contributed by atoms with Crippen molar-refractivity contribution in [3.8, 4) is 0 Å². The normalized spacial score (nSPS) is 16.5. The van der Waals surface area contributed by atoms with Crippen LogP contribution < -0.4 is 4.90 Å². The van der Waals surface area contributed by atoms with E-state index in [0.717, 1.165) is 54.1 Å². The van der Waals surface area contributed by atoms with Gasteiger partial charge in [-0.15, -0.1) is 10.2 Å². The minimum Gasteiger partial charge on any atom is -0.347 e. The molecule has 0 spiro atoms. The second-order valence-corrected chi connectivity index (χ2v) is 6.42. The summed E-state index contributed by atoms with van der Waals surface area (Å²) in [5.74, 6) is 2.23. The molecular formula is C14H17N7S. The van der Waals surface area contributed by atoms with Crippen LogP contribution in [-0.2, 0) is 0 Å². The number of rotatable bonds is 2. The largest absolute Gasteiger partial charge is 0.347 e. The van der Waals surface area contributed by atoms with E-state index in [1.54, 1.807) is 0 Å². The summed E-state index contributed by atoms with van der Waals surface area (Å²) in [5, 5.41) is 14.2. The van der Waals surface area contributed by atoms with Gasteiger partial charge in [0.2, 0.25) is 5.13 Å². The summed E-state index contributed by atoms with van der Waals surface area (Å²) in [7, 11) is 0. The summed E-state index contributed by atoms with van der Waals surface area (Å²) in [6.45, 7) is 5.87. The summed E-state index contributed by atoms with van der Waals surface area (Å²) in [6, 6.07) is 3.94. The van der Waals surface area contributed by atoms with Crippen LogP contribution in [0.25, 0.3) is 5.65 Å². The molecule has 0 amide bonds. The highest BCUT2D eigenvalue weighted by Gasteiger charge is 2.26. The molecular weight excluding hydrogens is 298 g/mol. The number of aryl methyl sites for hydroxylation is 2. The topological polar surface area (TPSA) is 72.1 Å². The van der Waals surface area contributed by atoms with Gasteiger partial charge in [-0.3, -0.25) is 0 Å². The van der Waals surface area contributed by atoms with E-state index >= 15 is 0 Å². The Labute approximate surface area is 132 Å². The Morgan fingerprint density at radius 1 is 1.14 bits per heavy atom. The second-order valence-electron chi connectivity index (χ2n) is 5.69. The van der Waals surface area contributed by atoms with Crippen LogP contribution in [0.2, 0.25) is 0 Å². The van der Waals surface area contributed by atoms with E-state index < -0.39 is 0 Å². The molecule has 0 aromatic carbocycles. The highest BCUT2D eigenvalue weighted by Crippen LogP contribution is 2.30. The monoisotopic (exact) mass is 315 g/mol. The molecule has 4 heterocycles. The van der Waals surface area contributed by atoms with Crippen molar-refractivity contribution in [2.24, 2.45) is 0 Å². The Morgan fingerprint density at radius 3 is 2.68 bits per heavy atom. The van der Waals surface area contributed by atoms with Gasteiger partial charge in [0, 0.05) is 30.5 Å². The van der Waals surface area contributed by atoms with Gasteiger partial charge in [-0.25, -0.2) is 4.98 Å². The molecule has 0 N–H and O–H groups in total. The van der Waals surface area contributed by atoms with Gasteiger partial charge in [0.15, 0.2) is 11.5 Å². The maximum atomic E-state index is 4.55. The number of piperidine rings is 1. The maximum absolute atomic E-state index is 4.55. The van der Waals surface area contributed by atoms with Crippen molar-refractivity contribution in [3.63, 3.8) is 0 Å². The van der Waals surface area contributed by atoms with Crippen LogP contribution in [0.4, 0.5) is 5.13 Å². The van der Waals surface area contributed by atoms with Crippen LogP contribution in [-0.4, -0.2) is 42.3 Å². The fourth-order valence-electron chi connectivity index (χ4n) is 2.90. The Kier molecular flexibility index (Phi) is 3.25. The van der Waals surface area contributed by atoms with Crippen molar-refractivity contribution in [2.75, 3.05) is 18.0 Å². The first-order valence-corrected chi connectivity index (χ1v) is 8.22. The fraction of sp³-hybridized carbons (Fsp3) is 0.500. The van der Waals surface area contributed by atoms with E-state index in [0.29, 0.717) is 5.92 Å². The lowest BCUT2D eigenvalue weighted by atomic mass is 9.96. The lowest BCUT2D eigenvalue weighted by Crippen LogP contribution is -2.33. The van der Waals surface area contributed by atoms with E-state index in [4.69, 9.17) is 0 Å². The van der Waals surface area contributed by atoms with Crippen molar-refractivity contribution < 1.29 is 0 Å². The molecule has 0 unspecified atom stereocenters. The summed E-state index contributed by atoms with van der Waals surface area (Å²) in [4.78, 5) is 6.78. The Balaban J connectivity index is 1.54. The van der Waals surface area contributed by atoms with Crippen molar-refractivity contribution in [1.29, 1.82) is 0 Å². The number of aromatic nitrogens is 6. The van der Waals surface area contributed by atoms with Crippen LogP contribution in [0.5, 0.6) is 0 Å². The van der Waals surface area contributed by atoms with Crippen LogP contribution in [0, 0.1) is 13.8 Å². The fourth-order valence-corrected chi connectivity index (χ4v) is 3.62. The van der Waals surface area contributed by atoms with Gasteiger partial charge in [-0.2, -0.15) is 14.0 Å². The molecule has 0 saturated carbocycles. The van der Waals surface area contributed by atoms with Crippen LogP contribution >= 0.6 is 11.5 Å². The SMILES string of the molecule is Cc1ccc2nnc(C3CCN(c4nc(C)ns4)CC3)n2n1. The number of anilines is 1. The van der Waals surface area contributed by atoms with Gasteiger partial charge in [0.1, 0.15) is 5.82 Å². The third kappa shape index (κ3) is 2.33. The van der Waals surface area contributed by atoms with Gasteiger partial charge in [-0.05, 0) is 38.8 Å². The highest BCUT2D eigenvalue weighted by molar-refractivity contribution is 7.09. The van der Waals surface area contributed by atoms with Gasteiger partial charge < -0.3 is 4.90 Å². The van der Waals surface area contributed by atoms with Gasteiger partial charge in [0.25, 0.3) is 0 Å². The quantitative estimate of drug-likeness (QED) is 0.720. The molecule has 22 heavy (non-hydrogen) atoms. The smallest absolute Gasteiger partial charge is 0.205 e. The average Bonchev–Trinajstić information content (AvgIpc) is 3.13. The van der Waals surface area contributed by atoms with E-state index in [2.05, 4.69) is 29.6 Å². The molecule has 0 radical (unpaired) electrons. The van der Waals surface area contributed by atoms with Crippen molar-refractivity contribution in [3.05, 3.63) is 29.5 Å². The summed E-state index contributed by atoms with van der Waals surface area (Å²) in [6.07, 6.45) is 2.07. The number of hydrogen-bond acceptors (Lipinski definition) is 7. The van der Waals surface area contributed by atoms with Gasteiger partial charge in [0.05, 0.1) is 5.69 Å². The third-order valence-corrected chi connectivity index (χ3v) is 4.94. The molecule has 1 saturated heterocycles. The molecule has 3 aromatic heterocycles. The Morgan fingerprint density at radius 2 is 1.95 bits per heavy atom. The number of hydrogen-bond donors (Lipinski definition) is 0. The molecule has 1 aliphatic heterocycles. The molecule has 114 valence electrons. The molecule has 7 nitrogen and oxygen atoms in total. The number of nitrogens with zero attached hydrogens (tertiary/aromatic N) is 7. The van der Waals surface area contributed by atoms with Crippen molar-refractivity contribution in [1.82, 2.24) is 29.2 Å². The van der Waals surface area contributed by atoms with E-state index in [-0.39, 0.29) is 0 Å². The first kappa shape index (κ1) is 13.6. The zero-order valence-corrected chi connectivity index (χ0v) is 13.4. The van der Waals surface area contributed by atoms with E-state index in [9.17, 15) is 0 Å². The second kappa shape index (κ2) is 5.28. The standard InChI is InChI=1S/C14H17N7S/c1-9-3-4-12-16-17-13(21(12)18-9)11-5-7-20(8-6-11)14-15-10(2)19-22-14/h3-4,11H,5-8H2,1-2H3. The minimum atomic E-state index is 0.398. The zero-order chi connectivity index (χ0) is 15.1. The van der Waals surface area contributed by atoms with Gasteiger partial charge in [-0.1, -0.05) is 0 Å². The molecule has 1 aliphatic rings. The van der Waals surface area contributed by atoms with Crippen LogP contribution in [0.3, 0.4) is 0 Å². The first-order chi connectivity index (χ1) is 10.7. The van der Waals surface area contributed by atoms with Crippen molar-refractivity contribution in [2.45, 2.75) is 32.6 Å². The highest BCUT2D eigenvalue weighted by atomic mass is 32.1. The molecule has 1 fully saturated rings. The average molecular weight is 315 g/mol. The van der Waals surface area contributed by atoms with E-state index in [1.807, 2.05) is 30.5 Å². The molecule has 0 aliphatic carbocycles. The Bertz CT molecular complexity index is 800. The third-order valence-electron chi connectivity index (χ3n) is 4.07. The summed E-state index contributed by atoms with van der Waals surface area (Å²) < 4.78 is 6.16. The maximum Gasteiger partial charge on any atom is 0.205 e. The lowest BCUT2D eigenvalue weighted by Gasteiger charge is -2.30. The predicted octanol–water partition coefficient (Wildman–Crippen LogP) is 1.98. The minimum absolute atomic E-state index is 0.398. The molecule has 3 aromatic rings. The van der Waals surface area contributed by atoms with Gasteiger partial charge >= 0.3 is 0 Å². The van der Waals surface area contributed by atoms with E-state index in [1.165, 1.54) is 11.5 Å². The lowest BCUT2D eigenvalue weighted by molar-refractivity contribution is 0.476. The Hall–Kier alpha value is -2.09. The molecule has 0 atom stereocenters. The van der Waals surface area contributed by atoms with Crippen LogP contribution in [0.1, 0.15) is 36.1 Å². The first-order valence-electron chi connectivity index (χ1n) is 7.45. The molecule has 4 rings (SSSR count).